The van der Waals surface area contributed by atoms with E-state index in [9.17, 15) is 0 Å². The smallest absolute Gasteiger partial charge is 0.0107 e. The van der Waals surface area contributed by atoms with E-state index in [0.717, 1.165) is 12.5 Å². The average molecular weight is 142 g/mol. The number of nitrogens with zero attached hydrogens (tertiary/aromatic N) is 1. The molecule has 0 radical (unpaired) electrons. The third kappa shape index (κ3) is 2.27. The van der Waals surface area contributed by atoms with Crippen LogP contribution in [-0.2, 0) is 0 Å². The standard InChI is InChI=1S/C8H18N2/c1-3-10-5-4-9-6-8(2)7-10/h8-9H,3-7H2,1-2H3. The van der Waals surface area contributed by atoms with Crippen LogP contribution in [0.2, 0.25) is 0 Å². The minimum atomic E-state index is 0.822. The van der Waals surface area contributed by atoms with Gasteiger partial charge >= 0.3 is 0 Å². The summed E-state index contributed by atoms with van der Waals surface area (Å²) < 4.78 is 0. The van der Waals surface area contributed by atoms with E-state index in [-0.39, 0.29) is 0 Å². The molecule has 0 aliphatic carbocycles. The van der Waals surface area contributed by atoms with E-state index in [1.807, 2.05) is 0 Å². The molecule has 0 aromatic carbocycles. The zero-order valence-corrected chi connectivity index (χ0v) is 7.06. The lowest BCUT2D eigenvalue weighted by molar-refractivity contribution is 0.278. The molecule has 1 rings (SSSR count). The van der Waals surface area contributed by atoms with E-state index in [1.165, 1.54) is 26.2 Å². The minimum Gasteiger partial charge on any atom is -0.315 e. The number of hydrogen-bond acceptors (Lipinski definition) is 2. The minimum absolute atomic E-state index is 0.822. The highest BCUT2D eigenvalue weighted by Gasteiger charge is 2.11. The van der Waals surface area contributed by atoms with Gasteiger partial charge in [-0.3, -0.25) is 0 Å². The van der Waals surface area contributed by atoms with Crippen molar-refractivity contribution in [1.82, 2.24) is 10.2 Å². The number of hydrogen-bond donors (Lipinski definition) is 1. The van der Waals surface area contributed by atoms with Gasteiger partial charge in [0.15, 0.2) is 0 Å². The molecule has 2 heteroatoms. The molecule has 2 nitrogen and oxygen atoms in total. The second-order valence-corrected chi connectivity index (χ2v) is 3.20. The van der Waals surface area contributed by atoms with E-state index >= 15 is 0 Å². The summed E-state index contributed by atoms with van der Waals surface area (Å²) in [5.41, 5.74) is 0. The highest BCUT2D eigenvalue weighted by Crippen LogP contribution is 2.00. The van der Waals surface area contributed by atoms with Crippen LogP contribution in [0, 0.1) is 5.92 Å². The van der Waals surface area contributed by atoms with Crippen molar-refractivity contribution in [1.29, 1.82) is 0 Å². The van der Waals surface area contributed by atoms with Crippen LogP contribution in [0.4, 0.5) is 0 Å². The van der Waals surface area contributed by atoms with Gasteiger partial charge in [0.1, 0.15) is 0 Å². The van der Waals surface area contributed by atoms with Gasteiger partial charge in [-0.15, -0.1) is 0 Å². The van der Waals surface area contributed by atoms with Gasteiger partial charge in [0.25, 0.3) is 0 Å². The zero-order valence-electron chi connectivity index (χ0n) is 7.06. The fraction of sp³-hybridized carbons (Fsp3) is 1.00. The molecule has 0 aromatic heterocycles. The molecule has 1 unspecified atom stereocenters. The van der Waals surface area contributed by atoms with Crippen LogP contribution in [0.3, 0.4) is 0 Å². The van der Waals surface area contributed by atoms with Gasteiger partial charge in [0, 0.05) is 19.6 Å². The van der Waals surface area contributed by atoms with Gasteiger partial charge in [-0.2, -0.15) is 0 Å². The first-order chi connectivity index (χ1) is 4.83. The second-order valence-electron chi connectivity index (χ2n) is 3.20. The van der Waals surface area contributed by atoms with E-state index in [1.54, 1.807) is 0 Å². The maximum absolute atomic E-state index is 3.42. The Kier molecular flexibility index (Phi) is 3.16. The van der Waals surface area contributed by atoms with E-state index in [0.29, 0.717) is 0 Å². The van der Waals surface area contributed by atoms with Gasteiger partial charge in [-0.25, -0.2) is 0 Å². The van der Waals surface area contributed by atoms with Crippen molar-refractivity contribution in [2.75, 3.05) is 32.7 Å². The lowest BCUT2D eigenvalue weighted by Gasteiger charge is -2.18. The molecule has 0 spiro atoms. The van der Waals surface area contributed by atoms with Gasteiger partial charge in [-0.1, -0.05) is 13.8 Å². The first kappa shape index (κ1) is 8.02. The Morgan fingerprint density at radius 2 is 2.40 bits per heavy atom. The van der Waals surface area contributed by atoms with Crippen LogP contribution in [0.1, 0.15) is 13.8 Å². The summed E-state index contributed by atoms with van der Waals surface area (Å²) in [6.07, 6.45) is 0. The van der Waals surface area contributed by atoms with Crippen LogP contribution >= 0.6 is 0 Å². The predicted octanol–water partition coefficient (Wildman–Crippen LogP) is 0.548. The fourth-order valence-electron chi connectivity index (χ4n) is 1.47. The Balaban J connectivity index is 2.30. The van der Waals surface area contributed by atoms with Gasteiger partial charge < -0.3 is 10.2 Å². The normalized spacial score (nSPS) is 30.0. The topological polar surface area (TPSA) is 15.3 Å². The summed E-state index contributed by atoms with van der Waals surface area (Å²) in [5, 5.41) is 3.42. The summed E-state index contributed by atoms with van der Waals surface area (Å²) in [6.45, 7) is 10.6. The monoisotopic (exact) mass is 142 g/mol. The van der Waals surface area contributed by atoms with Crippen LogP contribution in [0.25, 0.3) is 0 Å². The van der Waals surface area contributed by atoms with Crippen LogP contribution in [-0.4, -0.2) is 37.6 Å². The zero-order chi connectivity index (χ0) is 7.40. The lowest BCUT2D eigenvalue weighted by Crippen LogP contribution is -2.28. The summed E-state index contributed by atoms with van der Waals surface area (Å²) >= 11 is 0. The highest BCUT2D eigenvalue weighted by molar-refractivity contribution is 4.69. The molecule has 1 N–H and O–H groups in total. The Morgan fingerprint density at radius 3 is 3.10 bits per heavy atom. The molecule has 10 heavy (non-hydrogen) atoms. The highest BCUT2D eigenvalue weighted by atomic mass is 15.1. The summed E-state index contributed by atoms with van der Waals surface area (Å²) in [4.78, 5) is 2.50. The van der Waals surface area contributed by atoms with Gasteiger partial charge in [-0.05, 0) is 19.0 Å². The van der Waals surface area contributed by atoms with E-state index in [4.69, 9.17) is 0 Å². The van der Waals surface area contributed by atoms with Crippen molar-refractivity contribution in [3.8, 4) is 0 Å². The van der Waals surface area contributed by atoms with Crippen molar-refractivity contribution in [2.24, 2.45) is 5.92 Å². The molecule has 1 fully saturated rings. The van der Waals surface area contributed by atoms with E-state index in [2.05, 4.69) is 24.1 Å². The largest absolute Gasteiger partial charge is 0.315 e. The molecular weight excluding hydrogens is 124 g/mol. The molecule has 0 saturated carbocycles. The van der Waals surface area contributed by atoms with Crippen LogP contribution < -0.4 is 5.32 Å². The lowest BCUT2D eigenvalue weighted by atomic mass is 10.2. The molecule has 1 aliphatic rings. The second kappa shape index (κ2) is 3.94. The molecule has 1 aliphatic heterocycles. The third-order valence-corrected chi connectivity index (χ3v) is 2.11. The molecule has 1 heterocycles. The van der Waals surface area contributed by atoms with Crippen molar-refractivity contribution >= 4 is 0 Å². The predicted molar refractivity (Wildman–Crippen MR) is 44.1 cm³/mol. The quantitative estimate of drug-likeness (QED) is 0.575. The van der Waals surface area contributed by atoms with Crippen molar-refractivity contribution in [2.45, 2.75) is 13.8 Å². The molecule has 60 valence electrons. The molecule has 0 amide bonds. The van der Waals surface area contributed by atoms with E-state index < -0.39 is 0 Å². The SMILES string of the molecule is CCN1CCNCC(C)C1. The van der Waals surface area contributed by atoms with Crippen LogP contribution in [0.15, 0.2) is 0 Å². The first-order valence-corrected chi connectivity index (χ1v) is 4.26. The Labute approximate surface area is 63.6 Å². The van der Waals surface area contributed by atoms with Crippen molar-refractivity contribution in [3.05, 3.63) is 0 Å². The fourth-order valence-corrected chi connectivity index (χ4v) is 1.47. The summed E-state index contributed by atoms with van der Waals surface area (Å²) in [6, 6.07) is 0. The Morgan fingerprint density at radius 1 is 1.60 bits per heavy atom. The molecule has 1 saturated heterocycles. The average Bonchev–Trinajstić information content (AvgIpc) is 2.13. The Bertz CT molecular complexity index is 93.3. The maximum atomic E-state index is 3.42. The molecule has 0 bridgehead atoms. The summed E-state index contributed by atoms with van der Waals surface area (Å²) in [7, 11) is 0. The number of likely N-dealkylation sites (N-methyl/N-ethyl adjacent to an activating group) is 1. The molecular formula is C8H18N2. The Hall–Kier alpha value is -0.0800. The van der Waals surface area contributed by atoms with Crippen LogP contribution in [0.5, 0.6) is 0 Å². The third-order valence-electron chi connectivity index (χ3n) is 2.11. The van der Waals surface area contributed by atoms with Crippen molar-refractivity contribution in [3.63, 3.8) is 0 Å². The molecule has 1 atom stereocenters. The number of nitrogens with one attached hydrogen (secondary N) is 1. The van der Waals surface area contributed by atoms with Crippen molar-refractivity contribution < 1.29 is 0 Å². The first-order valence-electron chi connectivity index (χ1n) is 4.26. The van der Waals surface area contributed by atoms with Gasteiger partial charge in [0.2, 0.25) is 0 Å². The molecule has 0 aromatic rings. The summed E-state index contributed by atoms with van der Waals surface area (Å²) in [5.74, 6) is 0.822. The maximum Gasteiger partial charge on any atom is 0.0107 e. The number of rotatable bonds is 1. The van der Waals surface area contributed by atoms with Gasteiger partial charge in [0.05, 0.1) is 0 Å².